The fraction of sp³-hybridized carbons (Fsp3) is 0.129. The first-order valence-electron chi connectivity index (χ1n) is 12.1. The summed E-state index contributed by atoms with van der Waals surface area (Å²) in [6.45, 7) is 0.378. The molecule has 0 aliphatic rings. The number of nitrogens with zero attached hydrogens (tertiary/aromatic N) is 1. The van der Waals surface area contributed by atoms with Crippen molar-refractivity contribution in [3.8, 4) is 22.5 Å². The largest absolute Gasteiger partial charge is 0.478 e. The van der Waals surface area contributed by atoms with E-state index in [0.717, 1.165) is 16.6 Å². The number of fused-ring (bicyclic) bond motifs is 1. The van der Waals surface area contributed by atoms with E-state index in [2.05, 4.69) is 9.97 Å². The molecule has 0 unspecified atom stereocenters. The van der Waals surface area contributed by atoms with E-state index >= 15 is 0 Å². The van der Waals surface area contributed by atoms with Crippen molar-refractivity contribution in [2.24, 2.45) is 0 Å². The molecule has 0 spiro atoms. The first-order chi connectivity index (χ1) is 18.4. The number of hydrogen-bond donors (Lipinski definition) is 2. The van der Waals surface area contributed by atoms with Crippen LogP contribution < -0.4 is 0 Å². The average Bonchev–Trinajstić information content (AvgIpc) is 3.37. The minimum absolute atomic E-state index is 0.0125. The fourth-order valence-corrected chi connectivity index (χ4v) is 4.87. The molecule has 0 saturated carbocycles. The Bertz CT molecular complexity index is 1600. The molecule has 0 bridgehead atoms. The van der Waals surface area contributed by atoms with Gasteiger partial charge in [0.1, 0.15) is 5.82 Å². The number of halogens is 1. The molecule has 0 aliphatic carbocycles. The predicted octanol–water partition coefficient (Wildman–Crippen LogP) is 7.25. The third-order valence-electron chi connectivity index (χ3n) is 6.56. The number of aromatic amines is 1. The number of carbonyl (C=O) groups excluding carboxylic acids is 1. The summed E-state index contributed by atoms with van der Waals surface area (Å²) in [5.74, 6) is -0.843. The molecule has 1 heterocycles. The van der Waals surface area contributed by atoms with Crippen LogP contribution in [0.25, 0.3) is 33.5 Å². The summed E-state index contributed by atoms with van der Waals surface area (Å²) in [5.41, 5.74) is 4.76. The summed E-state index contributed by atoms with van der Waals surface area (Å²) < 4.78 is 5.35. The van der Waals surface area contributed by atoms with Gasteiger partial charge in [-0.15, -0.1) is 0 Å². The van der Waals surface area contributed by atoms with Crippen LogP contribution >= 0.6 is 11.6 Å². The number of carbonyl (C=O) groups is 2. The van der Waals surface area contributed by atoms with Crippen LogP contribution in [0.4, 0.5) is 0 Å². The van der Waals surface area contributed by atoms with Crippen LogP contribution in [0.2, 0.25) is 5.02 Å². The molecular weight excluding hydrogens is 500 g/mol. The van der Waals surface area contributed by atoms with E-state index in [-0.39, 0.29) is 23.7 Å². The van der Waals surface area contributed by atoms with Gasteiger partial charge in [0.15, 0.2) is 5.78 Å². The van der Waals surface area contributed by atoms with Crippen LogP contribution in [0, 0.1) is 0 Å². The lowest BCUT2D eigenvalue weighted by molar-refractivity contribution is 0.0697. The highest BCUT2D eigenvalue weighted by atomic mass is 35.5. The van der Waals surface area contributed by atoms with Crippen molar-refractivity contribution in [1.82, 2.24) is 9.97 Å². The molecule has 0 radical (unpaired) electrons. The highest BCUT2D eigenvalue weighted by Crippen LogP contribution is 2.36. The number of imidazole rings is 1. The van der Waals surface area contributed by atoms with Crippen molar-refractivity contribution in [3.63, 3.8) is 0 Å². The summed E-state index contributed by atoms with van der Waals surface area (Å²) in [6, 6.07) is 27.4. The number of para-hydroxylation sites is 2. The summed E-state index contributed by atoms with van der Waals surface area (Å²) >= 11 is 6.35. The van der Waals surface area contributed by atoms with Crippen LogP contribution in [0.1, 0.15) is 38.6 Å². The molecule has 1 atom stereocenters. The number of rotatable bonds is 9. The number of hydrogen-bond acceptors (Lipinski definition) is 4. The van der Waals surface area contributed by atoms with Gasteiger partial charge in [-0.05, 0) is 53.1 Å². The molecule has 5 aromatic rings. The molecule has 5 rings (SSSR count). The van der Waals surface area contributed by atoms with Gasteiger partial charge in [-0.2, -0.15) is 0 Å². The molecule has 0 fully saturated rings. The number of benzene rings is 4. The molecule has 0 amide bonds. The Morgan fingerprint density at radius 2 is 1.66 bits per heavy atom. The molecule has 38 heavy (non-hydrogen) atoms. The van der Waals surface area contributed by atoms with Gasteiger partial charge in [0.05, 0.1) is 23.2 Å². The average molecular weight is 525 g/mol. The Balaban J connectivity index is 1.54. The van der Waals surface area contributed by atoms with Gasteiger partial charge in [0.2, 0.25) is 0 Å². The van der Waals surface area contributed by atoms with E-state index in [0.29, 0.717) is 39.7 Å². The second-order valence-corrected chi connectivity index (χ2v) is 9.48. The molecule has 6 nitrogen and oxygen atoms in total. The van der Waals surface area contributed by atoms with E-state index < -0.39 is 5.97 Å². The Morgan fingerprint density at radius 1 is 0.921 bits per heavy atom. The van der Waals surface area contributed by atoms with E-state index in [1.54, 1.807) is 31.4 Å². The minimum atomic E-state index is -1.14. The van der Waals surface area contributed by atoms with E-state index in [9.17, 15) is 14.7 Å². The predicted molar refractivity (Wildman–Crippen MR) is 149 cm³/mol. The maximum atomic E-state index is 13.3. The standard InChI is InChI=1S/C31H25ClN2O4/c1-38-18-21(19-7-3-2-4-8-19)16-29(35)20-11-13-23(26(15-20)31(36)37)25-17-22(32)12-14-24(25)30-33-27-9-5-6-10-28(27)34-30/h2-15,17,21H,16,18H2,1H3,(H,33,34)(H,36,37)/t21-/m1/s1. The Hall–Kier alpha value is -4.26. The normalized spacial score (nSPS) is 11.9. The van der Waals surface area contributed by atoms with Gasteiger partial charge >= 0.3 is 5.97 Å². The van der Waals surface area contributed by atoms with Gasteiger partial charge in [-0.3, -0.25) is 4.79 Å². The van der Waals surface area contributed by atoms with Gasteiger partial charge in [-0.1, -0.05) is 66.2 Å². The molecule has 0 aliphatic heterocycles. The highest BCUT2D eigenvalue weighted by molar-refractivity contribution is 6.31. The summed E-state index contributed by atoms with van der Waals surface area (Å²) in [5, 5.41) is 10.6. The second-order valence-electron chi connectivity index (χ2n) is 9.05. The number of nitrogens with one attached hydrogen (secondary N) is 1. The van der Waals surface area contributed by atoms with Crippen molar-refractivity contribution in [2.45, 2.75) is 12.3 Å². The van der Waals surface area contributed by atoms with Crippen molar-refractivity contribution in [1.29, 1.82) is 0 Å². The summed E-state index contributed by atoms with van der Waals surface area (Å²) in [6.07, 6.45) is 0.192. The molecule has 1 aromatic heterocycles. The minimum Gasteiger partial charge on any atom is -0.478 e. The number of ketones is 1. The van der Waals surface area contributed by atoms with Crippen molar-refractivity contribution < 1.29 is 19.4 Å². The lowest BCUT2D eigenvalue weighted by atomic mass is 9.89. The summed E-state index contributed by atoms with van der Waals surface area (Å²) in [4.78, 5) is 33.7. The number of aromatic carboxylic acids is 1. The first kappa shape index (κ1) is 25.4. The fourth-order valence-electron chi connectivity index (χ4n) is 4.70. The van der Waals surface area contributed by atoms with Crippen LogP contribution in [0.5, 0.6) is 0 Å². The third-order valence-corrected chi connectivity index (χ3v) is 6.79. The molecule has 0 saturated heterocycles. The van der Waals surface area contributed by atoms with Gasteiger partial charge in [-0.25, -0.2) is 9.78 Å². The van der Waals surface area contributed by atoms with Crippen molar-refractivity contribution in [2.75, 3.05) is 13.7 Å². The van der Waals surface area contributed by atoms with Crippen LogP contribution in [-0.2, 0) is 4.74 Å². The van der Waals surface area contributed by atoms with Gasteiger partial charge < -0.3 is 14.8 Å². The number of carboxylic acid groups (broad SMARTS) is 1. The van der Waals surface area contributed by atoms with Gasteiger partial charge in [0, 0.05) is 35.6 Å². The molecular formula is C31H25ClN2O4. The Kier molecular flexibility index (Phi) is 7.36. The third kappa shape index (κ3) is 5.23. The van der Waals surface area contributed by atoms with Crippen LogP contribution in [0.15, 0.2) is 91.0 Å². The maximum Gasteiger partial charge on any atom is 0.336 e. The van der Waals surface area contributed by atoms with Crippen molar-refractivity contribution >= 4 is 34.4 Å². The number of ether oxygens (including phenoxy) is 1. The number of H-pyrrole nitrogens is 1. The zero-order valence-electron chi connectivity index (χ0n) is 20.6. The van der Waals surface area contributed by atoms with E-state index in [1.165, 1.54) is 6.07 Å². The molecule has 4 aromatic carbocycles. The number of methoxy groups -OCH3 is 1. The van der Waals surface area contributed by atoms with E-state index in [4.69, 9.17) is 16.3 Å². The molecule has 190 valence electrons. The smallest absolute Gasteiger partial charge is 0.336 e. The molecule has 7 heteroatoms. The zero-order valence-corrected chi connectivity index (χ0v) is 21.4. The second kappa shape index (κ2) is 11.0. The van der Waals surface area contributed by atoms with Crippen LogP contribution in [-0.4, -0.2) is 40.5 Å². The monoisotopic (exact) mass is 524 g/mol. The lowest BCUT2D eigenvalue weighted by Gasteiger charge is -2.17. The van der Waals surface area contributed by atoms with Gasteiger partial charge in [0.25, 0.3) is 0 Å². The van der Waals surface area contributed by atoms with Crippen LogP contribution in [0.3, 0.4) is 0 Å². The SMILES string of the molecule is COC[C@@H](CC(=O)c1ccc(-c2cc(Cl)ccc2-c2nc3ccccc3[nH]2)c(C(=O)O)c1)c1ccccc1. The quantitative estimate of drug-likeness (QED) is 0.198. The van der Waals surface area contributed by atoms with E-state index in [1.807, 2.05) is 60.7 Å². The lowest BCUT2D eigenvalue weighted by Crippen LogP contribution is -2.13. The zero-order chi connectivity index (χ0) is 26.6. The topological polar surface area (TPSA) is 92.3 Å². The number of carboxylic acids is 1. The highest BCUT2D eigenvalue weighted by Gasteiger charge is 2.22. The first-order valence-corrected chi connectivity index (χ1v) is 12.5. The summed E-state index contributed by atoms with van der Waals surface area (Å²) in [7, 11) is 1.60. The van der Waals surface area contributed by atoms with Crippen molar-refractivity contribution in [3.05, 3.63) is 113 Å². The number of Topliss-reactive ketones (excluding diaryl/α,β-unsaturated/α-hetero) is 1. The molecule has 2 N–H and O–H groups in total. The Labute approximate surface area is 224 Å². The maximum absolute atomic E-state index is 13.3. The number of aromatic nitrogens is 2. The Morgan fingerprint density at radius 3 is 2.39 bits per heavy atom.